The first-order chi connectivity index (χ1) is 17.0. The van der Waals surface area contributed by atoms with E-state index < -0.39 is 5.82 Å². The van der Waals surface area contributed by atoms with Gasteiger partial charge in [-0.25, -0.2) is 19.3 Å². The quantitative estimate of drug-likeness (QED) is 0.537. The van der Waals surface area contributed by atoms with Crippen molar-refractivity contribution in [2.75, 3.05) is 43.6 Å². The number of hydrogen-bond acceptors (Lipinski definition) is 7. The Hall–Kier alpha value is -3.53. The minimum atomic E-state index is -0.550. The normalized spacial score (nSPS) is 16.2. The summed E-state index contributed by atoms with van der Waals surface area (Å²) in [4.78, 5) is 27.5. The maximum absolute atomic E-state index is 14.7. The van der Waals surface area contributed by atoms with E-state index in [1.807, 2.05) is 29.9 Å². The van der Waals surface area contributed by atoms with Crippen LogP contribution in [0.3, 0.4) is 0 Å². The monoisotopic (exact) mass is 479 g/mol. The van der Waals surface area contributed by atoms with Gasteiger partial charge in [0.25, 0.3) is 5.91 Å². The first kappa shape index (κ1) is 23.2. The van der Waals surface area contributed by atoms with Crippen LogP contribution in [0.2, 0.25) is 0 Å². The van der Waals surface area contributed by atoms with E-state index >= 15 is 0 Å². The highest BCUT2D eigenvalue weighted by Gasteiger charge is 2.25. The van der Waals surface area contributed by atoms with Crippen molar-refractivity contribution in [3.8, 4) is 11.4 Å². The van der Waals surface area contributed by atoms with E-state index in [0.29, 0.717) is 36.0 Å². The smallest absolute Gasteiger partial charge is 0.253 e. The SMILES string of the molecule is COCCC1CCN(c2ccc(Nc3ncc(F)c(-c4cc5c(n4C)CCNC5=O)n3)nc2)CC1. The Morgan fingerprint density at radius 1 is 1.23 bits per heavy atom. The Labute approximate surface area is 203 Å². The Morgan fingerprint density at radius 2 is 2.06 bits per heavy atom. The molecule has 0 aliphatic carbocycles. The van der Waals surface area contributed by atoms with E-state index in [4.69, 9.17) is 4.74 Å². The highest BCUT2D eigenvalue weighted by Crippen LogP contribution is 2.29. The van der Waals surface area contributed by atoms with Gasteiger partial charge in [0.05, 0.1) is 29.3 Å². The molecule has 0 aromatic carbocycles. The number of carbonyl (C=O) groups excluding carboxylic acids is 1. The summed E-state index contributed by atoms with van der Waals surface area (Å²) in [6.45, 7) is 3.40. The lowest BCUT2D eigenvalue weighted by atomic mass is 9.94. The van der Waals surface area contributed by atoms with Gasteiger partial charge >= 0.3 is 0 Å². The average molecular weight is 480 g/mol. The number of aromatic nitrogens is 4. The second-order valence-electron chi connectivity index (χ2n) is 9.08. The zero-order valence-electron chi connectivity index (χ0n) is 20.1. The lowest BCUT2D eigenvalue weighted by Gasteiger charge is -2.33. The van der Waals surface area contributed by atoms with Gasteiger partial charge in [-0.3, -0.25) is 4.79 Å². The first-order valence-electron chi connectivity index (χ1n) is 12.0. The molecule has 2 aliphatic rings. The van der Waals surface area contributed by atoms with Crippen LogP contribution in [-0.4, -0.2) is 58.8 Å². The minimum Gasteiger partial charge on any atom is -0.385 e. The molecular formula is C25H30FN7O2. The van der Waals surface area contributed by atoms with Gasteiger partial charge < -0.3 is 24.8 Å². The largest absolute Gasteiger partial charge is 0.385 e. The van der Waals surface area contributed by atoms with Crippen LogP contribution in [0.15, 0.2) is 30.6 Å². The Balaban J connectivity index is 1.29. The molecule has 0 spiro atoms. The van der Waals surface area contributed by atoms with Gasteiger partial charge in [0, 0.05) is 52.5 Å². The summed E-state index contributed by atoms with van der Waals surface area (Å²) in [7, 11) is 3.57. The van der Waals surface area contributed by atoms with Crippen LogP contribution in [0.25, 0.3) is 11.4 Å². The number of amides is 1. The van der Waals surface area contributed by atoms with Crippen molar-refractivity contribution in [2.45, 2.75) is 25.7 Å². The molecule has 3 aromatic rings. The number of anilines is 3. The van der Waals surface area contributed by atoms with Gasteiger partial charge in [0.2, 0.25) is 5.95 Å². The van der Waals surface area contributed by atoms with Gasteiger partial charge in [-0.15, -0.1) is 0 Å². The van der Waals surface area contributed by atoms with Gasteiger partial charge in [0.1, 0.15) is 11.5 Å². The number of fused-ring (bicyclic) bond motifs is 1. The molecule has 1 amide bonds. The number of carbonyl (C=O) groups is 1. The second kappa shape index (κ2) is 9.99. The van der Waals surface area contributed by atoms with E-state index in [1.165, 1.54) is 0 Å². The van der Waals surface area contributed by atoms with Crippen LogP contribution >= 0.6 is 0 Å². The van der Waals surface area contributed by atoms with E-state index in [0.717, 1.165) is 56.5 Å². The molecule has 0 bridgehead atoms. The van der Waals surface area contributed by atoms with E-state index in [-0.39, 0.29) is 17.5 Å². The minimum absolute atomic E-state index is 0.139. The number of piperidine rings is 1. The van der Waals surface area contributed by atoms with Crippen molar-refractivity contribution in [3.63, 3.8) is 0 Å². The molecule has 1 fully saturated rings. The highest BCUT2D eigenvalue weighted by molar-refractivity contribution is 5.97. The number of nitrogens with one attached hydrogen (secondary N) is 2. The molecule has 10 heteroatoms. The standard InChI is InChI=1S/C25H30FN7O2/c1-32-20-5-9-27-24(34)18(20)13-21(32)23-19(26)15-29-25(31-23)30-22-4-3-17(14-28-22)33-10-6-16(7-11-33)8-12-35-2/h3-4,13-16H,5-12H2,1-2H3,(H,27,34)(H,28,29,30,31). The van der Waals surface area contributed by atoms with Crippen molar-refractivity contribution < 1.29 is 13.9 Å². The summed E-state index contributed by atoms with van der Waals surface area (Å²) >= 11 is 0. The van der Waals surface area contributed by atoms with Gasteiger partial charge in [0.15, 0.2) is 5.82 Å². The van der Waals surface area contributed by atoms with Crippen molar-refractivity contribution in [1.29, 1.82) is 0 Å². The lowest BCUT2D eigenvalue weighted by molar-refractivity contribution is 0.0945. The van der Waals surface area contributed by atoms with Crippen LogP contribution in [-0.2, 0) is 18.2 Å². The van der Waals surface area contributed by atoms with Gasteiger partial charge in [-0.1, -0.05) is 0 Å². The molecule has 0 saturated carbocycles. The summed E-state index contributed by atoms with van der Waals surface area (Å²) in [6.07, 6.45) is 7.09. The number of hydrogen-bond donors (Lipinski definition) is 2. The predicted molar refractivity (Wildman–Crippen MR) is 131 cm³/mol. The number of methoxy groups -OCH3 is 1. The third kappa shape index (κ3) is 4.84. The Morgan fingerprint density at radius 3 is 2.77 bits per heavy atom. The van der Waals surface area contributed by atoms with Crippen LogP contribution in [0.4, 0.5) is 21.8 Å². The molecule has 5 heterocycles. The van der Waals surface area contributed by atoms with Crippen LogP contribution < -0.4 is 15.5 Å². The summed E-state index contributed by atoms with van der Waals surface area (Å²) < 4.78 is 21.7. The third-order valence-electron chi connectivity index (χ3n) is 6.93. The first-order valence-corrected chi connectivity index (χ1v) is 12.0. The maximum atomic E-state index is 14.7. The summed E-state index contributed by atoms with van der Waals surface area (Å²) in [5, 5.41) is 5.89. The van der Waals surface area contributed by atoms with Crippen LogP contribution in [0, 0.1) is 11.7 Å². The molecule has 0 radical (unpaired) electrons. The molecule has 1 saturated heterocycles. The van der Waals surface area contributed by atoms with E-state index in [2.05, 4.69) is 30.5 Å². The average Bonchev–Trinajstić information content (AvgIpc) is 3.22. The fourth-order valence-corrected chi connectivity index (χ4v) is 4.89. The van der Waals surface area contributed by atoms with Crippen molar-refractivity contribution in [3.05, 3.63) is 47.7 Å². The number of ether oxygens (including phenoxy) is 1. The fourth-order valence-electron chi connectivity index (χ4n) is 4.89. The summed E-state index contributed by atoms with van der Waals surface area (Å²) in [6, 6.07) is 5.59. The Kier molecular flexibility index (Phi) is 6.63. The van der Waals surface area contributed by atoms with Crippen molar-refractivity contribution >= 4 is 23.4 Å². The molecule has 0 unspecified atom stereocenters. The third-order valence-corrected chi connectivity index (χ3v) is 6.93. The zero-order valence-corrected chi connectivity index (χ0v) is 20.1. The molecule has 184 valence electrons. The highest BCUT2D eigenvalue weighted by atomic mass is 19.1. The van der Waals surface area contributed by atoms with Crippen molar-refractivity contribution in [1.82, 2.24) is 24.8 Å². The lowest BCUT2D eigenvalue weighted by Crippen LogP contribution is -2.34. The Bertz CT molecular complexity index is 1200. The summed E-state index contributed by atoms with van der Waals surface area (Å²) in [5.74, 6) is 0.834. The molecule has 2 aliphatic heterocycles. The molecule has 35 heavy (non-hydrogen) atoms. The second-order valence-corrected chi connectivity index (χ2v) is 9.08. The van der Waals surface area contributed by atoms with E-state index in [1.54, 1.807) is 13.2 Å². The van der Waals surface area contributed by atoms with Gasteiger partial charge in [-0.05, 0) is 43.4 Å². The van der Waals surface area contributed by atoms with Crippen molar-refractivity contribution in [2.24, 2.45) is 13.0 Å². The molecule has 2 N–H and O–H groups in total. The van der Waals surface area contributed by atoms with Crippen LogP contribution in [0.1, 0.15) is 35.3 Å². The molecular weight excluding hydrogens is 449 g/mol. The fraction of sp³-hybridized carbons (Fsp3) is 0.440. The topological polar surface area (TPSA) is 97.2 Å². The number of pyridine rings is 1. The molecule has 3 aromatic heterocycles. The molecule has 9 nitrogen and oxygen atoms in total. The molecule has 5 rings (SSSR count). The number of halogens is 1. The van der Waals surface area contributed by atoms with E-state index in [9.17, 15) is 9.18 Å². The molecule has 0 atom stereocenters. The summed E-state index contributed by atoms with van der Waals surface area (Å²) in [5.41, 5.74) is 3.18. The number of nitrogens with zero attached hydrogens (tertiary/aromatic N) is 5. The van der Waals surface area contributed by atoms with Gasteiger partial charge in [-0.2, -0.15) is 0 Å². The maximum Gasteiger partial charge on any atom is 0.253 e. The zero-order chi connectivity index (χ0) is 24.4. The van der Waals surface area contributed by atoms with Crippen LogP contribution in [0.5, 0.6) is 0 Å². The number of rotatable bonds is 7. The predicted octanol–water partition coefficient (Wildman–Crippen LogP) is 3.30.